The summed E-state index contributed by atoms with van der Waals surface area (Å²) in [5.41, 5.74) is 11.5. The van der Waals surface area contributed by atoms with Crippen LogP contribution < -0.4 is 10.6 Å². The summed E-state index contributed by atoms with van der Waals surface area (Å²) in [5.74, 6) is -1.03. The first-order chi connectivity index (χ1) is 23.5. The number of para-hydroxylation sites is 1. The van der Waals surface area contributed by atoms with Crippen LogP contribution in [0.15, 0.2) is 48.9 Å². The lowest BCUT2D eigenvalue weighted by Crippen LogP contribution is -2.37. The molecule has 5 aromatic rings. The number of aromatic nitrogens is 5. The fraction of sp³-hybridized carbons (Fsp3) is 0.389. The summed E-state index contributed by atoms with van der Waals surface area (Å²) in [6.07, 6.45) is 1.27. The molecule has 0 unspecified atom stereocenters. The maximum absolute atomic E-state index is 16.7. The zero-order valence-corrected chi connectivity index (χ0v) is 29.1. The molecule has 2 aromatic carbocycles. The number of anilines is 1. The van der Waals surface area contributed by atoms with Gasteiger partial charge in [-0.15, -0.1) is 12.4 Å². The van der Waals surface area contributed by atoms with Crippen LogP contribution in [0.5, 0.6) is 0 Å². The maximum atomic E-state index is 16.7. The first kappa shape index (κ1) is 36.8. The molecule has 1 aliphatic heterocycles. The van der Waals surface area contributed by atoms with E-state index in [1.807, 2.05) is 36.7 Å². The minimum Gasteiger partial charge on any atom is -0.460 e. The average molecular weight is 714 g/mol. The number of carbonyl (C=O) groups excluding carboxylic acids is 1. The predicted octanol–water partition coefficient (Wildman–Crippen LogP) is 7.49. The number of aromatic amines is 1. The summed E-state index contributed by atoms with van der Waals surface area (Å²) in [7, 11) is 0. The molecular formula is C36H40ClF4N7O2. The van der Waals surface area contributed by atoms with Crippen molar-refractivity contribution in [3.63, 3.8) is 0 Å². The van der Waals surface area contributed by atoms with Crippen LogP contribution in [0.2, 0.25) is 0 Å². The molecule has 0 amide bonds. The van der Waals surface area contributed by atoms with Gasteiger partial charge in [0, 0.05) is 60.2 Å². The van der Waals surface area contributed by atoms with Crippen LogP contribution in [0.1, 0.15) is 67.6 Å². The van der Waals surface area contributed by atoms with Crippen molar-refractivity contribution in [2.75, 3.05) is 11.4 Å². The van der Waals surface area contributed by atoms with E-state index in [-0.39, 0.29) is 37.4 Å². The standard InChI is InChI=1S/C36H39F4N7O2.ClH/c1-5-20(4)30(41)34(48)49-19-23-15-27(37)29(25-11-13-42-31(23)25)33-26-18-46(35-43-16-24(17-44-35)36(38,39)40)14-12-28(26)45-47(33)32-21(6-2)9-8-10-22(32)7-3;/h8-11,13,15-17,20,30,42H,5-7,12,14,18-19,41H2,1-4H3;1H/t20-,30-;/m0./s1. The normalized spacial score (nSPS) is 14.3. The highest BCUT2D eigenvalue weighted by Crippen LogP contribution is 2.41. The van der Waals surface area contributed by atoms with Gasteiger partial charge in [-0.3, -0.25) is 4.79 Å². The Morgan fingerprint density at radius 1 is 1.08 bits per heavy atom. The highest BCUT2D eigenvalue weighted by molar-refractivity contribution is 5.98. The van der Waals surface area contributed by atoms with Crippen molar-refractivity contribution in [1.29, 1.82) is 0 Å². The fourth-order valence-electron chi connectivity index (χ4n) is 6.44. The smallest absolute Gasteiger partial charge is 0.419 e. The molecule has 6 rings (SSSR count). The number of nitrogens with two attached hydrogens (primary N) is 1. The third-order valence-electron chi connectivity index (χ3n) is 9.47. The van der Waals surface area contributed by atoms with E-state index in [4.69, 9.17) is 15.6 Å². The lowest BCUT2D eigenvalue weighted by atomic mass is 9.95. The van der Waals surface area contributed by atoms with E-state index >= 15 is 4.39 Å². The number of rotatable bonds is 10. The van der Waals surface area contributed by atoms with E-state index in [2.05, 4.69) is 28.8 Å². The number of hydrogen-bond donors (Lipinski definition) is 2. The molecule has 0 saturated carbocycles. The predicted molar refractivity (Wildman–Crippen MR) is 186 cm³/mol. The first-order valence-electron chi connectivity index (χ1n) is 16.5. The molecule has 14 heteroatoms. The number of halogens is 5. The molecular weight excluding hydrogens is 674 g/mol. The molecule has 0 aliphatic carbocycles. The van der Waals surface area contributed by atoms with Gasteiger partial charge in [0.15, 0.2) is 0 Å². The molecule has 50 heavy (non-hydrogen) atoms. The highest BCUT2D eigenvalue weighted by Gasteiger charge is 2.34. The fourth-order valence-corrected chi connectivity index (χ4v) is 6.44. The molecule has 3 aromatic heterocycles. The van der Waals surface area contributed by atoms with Gasteiger partial charge in [0.25, 0.3) is 0 Å². The minimum atomic E-state index is -4.56. The van der Waals surface area contributed by atoms with Gasteiger partial charge < -0.3 is 20.4 Å². The zero-order chi connectivity index (χ0) is 35.0. The summed E-state index contributed by atoms with van der Waals surface area (Å²) in [6, 6.07) is 8.42. The van der Waals surface area contributed by atoms with Crippen LogP contribution in [-0.2, 0) is 48.1 Å². The third-order valence-corrected chi connectivity index (χ3v) is 9.47. The Hall–Kier alpha value is -4.49. The summed E-state index contributed by atoms with van der Waals surface area (Å²) in [5, 5.41) is 5.65. The Balaban J connectivity index is 0.00000486. The quantitative estimate of drug-likeness (QED) is 0.114. The number of fused-ring (bicyclic) bond motifs is 2. The van der Waals surface area contributed by atoms with E-state index in [0.29, 0.717) is 60.0 Å². The lowest BCUT2D eigenvalue weighted by molar-refractivity contribution is -0.147. The zero-order valence-electron chi connectivity index (χ0n) is 28.3. The van der Waals surface area contributed by atoms with Gasteiger partial charge in [0.05, 0.1) is 28.2 Å². The molecule has 0 fully saturated rings. The van der Waals surface area contributed by atoms with Crippen molar-refractivity contribution in [3.05, 3.63) is 88.3 Å². The van der Waals surface area contributed by atoms with Gasteiger partial charge in [-0.05, 0) is 42.0 Å². The molecule has 4 heterocycles. The second-order valence-electron chi connectivity index (χ2n) is 12.4. The summed E-state index contributed by atoms with van der Waals surface area (Å²) < 4.78 is 63.9. The van der Waals surface area contributed by atoms with Crippen LogP contribution >= 0.6 is 12.4 Å². The SMILES string of the molecule is CCc1cccc(CC)c1-n1nc2c(c1-c1c(F)cc(COC(=O)[C@@H](N)[C@@H](C)CC)c3[nH]ccc13)CN(c1ncc(C(F)(F)F)cn1)CC2.Cl. The maximum Gasteiger partial charge on any atom is 0.419 e. The van der Waals surface area contributed by atoms with Gasteiger partial charge >= 0.3 is 12.1 Å². The molecule has 9 nitrogen and oxygen atoms in total. The van der Waals surface area contributed by atoms with E-state index in [1.54, 1.807) is 17.2 Å². The van der Waals surface area contributed by atoms with Crippen molar-refractivity contribution in [2.24, 2.45) is 11.7 Å². The number of alkyl halides is 3. The van der Waals surface area contributed by atoms with Crippen molar-refractivity contribution in [1.82, 2.24) is 24.7 Å². The van der Waals surface area contributed by atoms with Crippen LogP contribution in [0.3, 0.4) is 0 Å². The number of hydrogen-bond acceptors (Lipinski definition) is 7. The summed E-state index contributed by atoms with van der Waals surface area (Å²) in [6.45, 7) is 8.36. The molecule has 0 radical (unpaired) electrons. The largest absolute Gasteiger partial charge is 0.460 e. The van der Waals surface area contributed by atoms with Gasteiger partial charge in [-0.1, -0.05) is 52.3 Å². The van der Waals surface area contributed by atoms with Gasteiger partial charge in [-0.25, -0.2) is 19.0 Å². The number of carbonyl (C=O) groups is 1. The molecule has 266 valence electrons. The number of aryl methyl sites for hydroxylation is 2. The summed E-state index contributed by atoms with van der Waals surface area (Å²) in [4.78, 5) is 25.7. The number of ether oxygens (including phenoxy) is 1. The van der Waals surface area contributed by atoms with Crippen molar-refractivity contribution in [2.45, 2.75) is 78.7 Å². The molecule has 0 spiro atoms. The van der Waals surface area contributed by atoms with Crippen molar-refractivity contribution < 1.29 is 27.1 Å². The van der Waals surface area contributed by atoms with Gasteiger partial charge in [0.2, 0.25) is 5.95 Å². The number of nitrogens with zero attached hydrogens (tertiary/aromatic N) is 5. The number of esters is 1. The number of nitrogens with one attached hydrogen (secondary N) is 1. The Morgan fingerprint density at radius 2 is 1.76 bits per heavy atom. The van der Waals surface area contributed by atoms with Gasteiger partial charge in [0.1, 0.15) is 18.5 Å². The molecule has 0 bridgehead atoms. The molecule has 3 N–H and O–H groups in total. The Morgan fingerprint density at radius 3 is 2.38 bits per heavy atom. The van der Waals surface area contributed by atoms with Crippen LogP contribution in [0, 0.1) is 11.7 Å². The summed E-state index contributed by atoms with van der Waals surface area (Å²) >= 11 is 0. The third kappa shape index (κ3) is 6.80. The molecule has 2 atom stereocenters. The van der Waals surface area contributed by atoms with E-state index in [1.165, 1.54) is 6.07 Å². The minimum absolute atomic E-state index is 0. The van der Waals surface area contributed by atoms with Crippen LogP contribution in [0.4, 0.5) is 23.5 Å². The van der Waals surface area contributed by atoms with E-state index in [9.17, 15) is 18.0 Å². The van der Waals surface area contributed by atoms with Crippen LogP contribution in [0.25, 0.3) is 27.8 Å². The highest BCUT2D eigenvalue weighted by atomic mass is 35.5. The average Bonchev–Trinajstić information content (AvgIpc) is 3.74. The Kier molecular flexibility index (Phi) is 10.9. The van der Waals surface area contributed by atoms with Crippen molar-refractivity contribution >= 4 is 35.2 Å². The van der Waals surface area contributed by atoms with Gasteiger partial charge in [-0.2, -0.15) is 18.3 Å². The van der Waals surface area contributed by atoms with E-state index in [0.717, 1.165) is 40.5 Å². The second kappa shape index (κ2) is 14.8. The Bertz CT molecular complexity index is 1970. The molecule has 0 saturated heterocycles. The Labute approximate surface area is 293 Å². The number of H-pyrrole nitrogens is 1. The topological polar surface area (TPSA) is 115 Å². The second-order valence-corrected chi connectivity index (χ2v) is 12.4. The first-order valence-corrected chi connectivity index (χ1v) is 16.5. The number of benzene rings is 2. The van der Waals surface area contributed by atoms with E-state index < -0.39 is 29.6 Å². The molecule has 1 aliphatic rings. The monoisotopic (exact) mass is 713 g/mol. The lowest BCUT2D eigenvalue weighted by Gasteiger charge is -2.27. The van der Waals surface area contributed by atoms with Crippen molar-refractivity contribution in [3.8, 4) is 16.9 Å². The van der Waals surface area contributed by atoms with Crippen LogP contribution in [-0.4, -0.2) is 43.3 Å².